The SMILES string of the molecule is Cc1ccc([S@](=O)OCC(=O)Nc2cc(Cl)ccc2N2CCOCC2)cc1. The first-order valence-corrected chi connectivity index (χ1v) is 10.0. The normalized spacial score (nSPS) is 15.4. The van der Waals surface area contributed by atoms with Gasteiger partial charge < -0.3 is 15.0 Å². The van der Waals surface area contributed by atoms with Gasteiger partial charge in [0.1, 0.15) is 6.61 Å². The first-order chi connectivity index (χ1) is 13.0. The number of carbonyl (C=O) groups excluding carboxylic acids is 1. The zero-order valence-electron chi connectivity index (χ0n) is 14.9. The topological polar surface area (TPSA) is 67.9 Å². The number of aryl methyl sites for hydroxylation is 1. The highest BCUT2D eigenvalue weighted by atomic mass is 35.5. The first-order valence-electron chi connectivity index (χ1n) is 8.57. The molecule has 2 aromatic carbocycles. The van der Waals surface area contributed by atoms with Crippen LogP contribution in [0.2, 0.25) is 5.02 Å². The maximum atomic E-state index is 12.3. The van der Waals surface area contributed by atoms with E-state index in [0.717, 1.165) is 24.3 Å². The summed E-state index contributed by atoms with van der Waals surface area (Å²) >= 11 is 4.39. The van der Waals surface area contributed by atoms with E-state index in [4.69, 9.17) is 20.5 Å². The van der Waals surface area contributed by atoms with Crippen molar-refractivity contribution >= 4 is 40.0 Å². The number of rotatable bonds is 6. The van der Waals surface area contributed by atoms with Gasteiger partial charge in [0.2, 0.25) is 0 Å². The van der Waals surface area contributed by atoms with Crippen LogP contribution >= 0.6 is 11.6 Å². The van der Waals surface area contributed by atoms with E-state index in [0.29, 0.717) is 28.8 Å². The quantitative estimate of drug-likeness (QED) is 0.795. The maximum Gasteiger partial charge on any atom is 0.251 e. The number of morpholine rings is 1. The van der Waals surface area contributed by atoms with Gasteiger partial charge in [-0.05, 0) is 37.3 Å². The number of benzene rings is 2. The second-order valence-electron chi connectivity index (χ2n) is 6.12. The molecule has 27 heavy (non-hydrogen) atoms. The predicted molar refractivity (Wildman–Crippen MR) is 107 cm³/mol. The van der Waals surface area contributed by atoms with Gasteiger partial charge in [-0.3, -0.25) is 8.98 Å². The molecule has 1 atom stereocenters. The van der Waals surface area contributed by atoms with E-state index in [-0.39, 0.29) is 6.61 Å². The predicted octanol–water partition coefficient (Wildman–Crippen LogP) is 3.16. The molecule has 144 valence electrons. The molecule has 8 heteroatoms. The van der Waals surface area contributed by atoms with Gasteiger partial charge in [-0.2, -0.15) is 0 Å². The Morgan fingerprint density at radius 3 is 2.63 bits per heavy atom. The molecule has 3 rings (SSSR count). The van der Waals surface area contributed by atoms with E-state index in [2.05, 4.69) is 10.2 Å². The molecule has 6 nitrogen and oxygen atoms in total. The molecule has 0 aliphatic carbocycles. The van der Waals surface area contributed by atoms with Crippen LogP contribution in [0.25, 0.3) is 0 Å². The van der Waals surface area contributed by atoms with Gasteiger partial charge in [0.25, 0.3) is 5.91 Å². The van der Waals surface area contributed by atoms with Crippen molar-refractivity contribution in [3.63, 3.8) is 0 Å². The van der Waals surface area contributed by atoms with Crippen LogP contribution in [-0.4, -0.2) is 43.0 Å². The number of nitrogens with one attached hydrogen (secondary N) is 1. The average molecular weight is 409 g/mol. The Labute approximate surface area is 166 Å². The first kappa shape index (κ1) is 19.8. The molecular formula is C19H21ClN2O4S. The molecule has 0 aromatic heterocycles. The van der Waals surface area contributed by atoms with Gasteiger partial charge in [0, 0.05) is 18.1 Å². The van der Waals surface area contributed by atoms with Crippen molar-refractivity contribution in [1.82, 2.24) is 0 Å². The molecule has 0 radical (unpaired) electrons. The third-order valence-corrected chi connectivity index (χ3v) is 5.32. The summed E-state index contributed by atoms with van der Waals surface area (Å²) in [4.78, 5) is 14.9. The van der Waals surface area contributed by atoms with Crippen LogP contribution in [0.5, 0.6) is 0 Å². The number of hydrogen-bond acceptors (Lipinski definition) is 5. The summed E-state index contributed by atoms with van der Waals surface area (Å²) in [5, 5.41) is 3.32. The summed E-state index contributed by atoms with van der Waals surface area (Å²) < 4.78 is 22.7. The number of nitrogens with zero attached hydrogens (tertiary/aromatic N) is 1. The number of ether oxygens (including phenoxy) is 1. The Balaban J connectivity index is 1.62. The summed E-state index contributed by atoms with van der Waals surface area (Å²) in [6, 6.07) is 12.5. The molecule has 0 bridgehead atoms. The molecular weight excluding hydrogens is 388 g/mol. The van der Waals surface area contributed by atoms with E-state index >= 15 is 0 Å². The van der Waals surface area contributed by atoms with Crippen LogP contribution in [0.1, 0.15) is 5.56 Å². The smallest absolute Gasteiger partial charge is 0.251 e. The zero-order valence-corrected chi connectivity index (χ0v) is 16.5. The van der Waals surface area contributed by atoms with Gasteiger partial charge in [0.05, 0.1) is 29.5 Å². The third-order valence-electron chi connectivity index (χ3n) is 4.09. The Morgan fingerprint density at radius 1 is 1.22 bits per heavy atom. The molecule has 1 aliphatic heterocycles. The van der Waals surface area contributed by atoms with E-state index in [1.54, 1.807) is 24.3 Å². The summed E-state index contributed by atoms with van der Waals surface area (Å²) in [5.74, 6) is -0.396. The van der Waals surface area contributed by atoms with Gasteiger partial charge >= 0.3 is 0 Å². The molecule has 0 saturated carbocycles. The van der Waals surface area contributed by atoms with E-state index in [1.165, 1.54) is 0 Å². The lowest BCUT2D eigenvalue weighted by atomic mass is 10.2. The molecule has 1 amide bonds. The van der Waals surface area contributed by atoms with Crippen LogP contribution < -0.4 is 10.2 Å². The maximum absolute atomic E-state index is 12.3. The van der Waals surface area contributed by atoms with E-state index < -0.39 is 17.0 Å². The van der Waals surface area contributed by atoms with Gasteiger partial charge in [-0.15, -0.1) is 0 Å². The van der Waals surface area contributed by atoms with Crippen LogP contribution in [0.4, 0.5) is 11.4 Å². The number of halogens is 1. The fourth-order valence-electron chi connectivity index (χ4n) is 2.70. The van der Waals surface area contributed by atoms with Gasteiger partial charge in [-0.1, -0.05) is 29.3 Å². The Hall–Kier alpha value is -1.93. The largest absolute Gasteiger partial charge is 0.378 e. The molecule has 1 saturated heterocycles. The fourth-order valence-corrected chi connectivity index (χ4v) is 3.58. The van der Waals surface area contributed by atoms with Crippen molar-refractivity contribution in [3.8, 4) is 0 Å². The highest BCUT2D eigenvalue weighted by Gasteiger charge is 2.17. The van der Waals surface area contributed by atoms with E-state index in [1.807, 2.05) is 25.1 Å². The summed E-state index contributed by atoms with van der Waals surface area (Å²) in [6.07, 6.45) is 0. The molecule has 0 unspecified atom stereocenters. The van der Waals surface area contributed by atoms with Crippen LogP contribution in [0, 0.1) is 6.92 Å². The lowest BCUT2D eigenvalue weighted by Gasteiger charge is -2.30. The lowest BCUT2D eigenvalue weighted by molar-refractivity contribution is -0.117. The summed E-state index contributed by atoms with van der Waals surface area (Å²) in [6.45, 7) is 4.35. The molecule has 1 N–H and O–H groups in total. The van der Waals surface area contributed by atoms with Crippen molar-refractivity contribution < 1.29 is 17.9 Å². The molecule has 2 aromatic rings. The summed E-state index contributed by atoms with van der Waals surface area (Å²) in [5.41, 5.74) is 2.53. The van der Waals surface area contributed by atoms with E-state index in [9.17, 15) is 9.00 Å². The molecule has 1 fully saturated rings. The molecule has 0 spiro atoms. The second-order valence-corrected chi connectivity index (χ2v) is 7.73. The van der Waals surface area contributed by atoms with Crippen molar-refractivity contribution in [2.24, 2.45) is 0 Å². The minimum Gasteiger partial charge on any atom is -0.378 e. The Kier molecular flexibility index (Phi) is 6.84. The van der Waals surface area contributed by atoms with Gasteiger partial charge in [-0.25, -0.2) is 4.21 Å². The Bertz CT molecular complexity index is 823. The fraction of sp³-hybridized carbons (Fsp3) is 0.316. The number of amides is 1. The van der Waals surface area contributed by atoms with Crippen molar-refractivity contribution in [1.29, 1.82) is 0 Å². The van der Waals surface area contributed by atoms with Crippen LogP contribution in [0.3, 0.4) is 0 Å². The second kappa shape index (κ2) is 9.32. The average Bonchev–Trinajstić information content (AvgIpc) is 2.67. The lowest BCUT2D eigenvalue weighted by Crippen LogP contribution is -2.36. The number of hydrogen-bond donors (Lipinski definition) is 1. The highest BCUT2D eigenvalue weighted by molar-refractivity contribution is 7.80. The van der Waals surface area contributed by atoms with Crippen LogP contribution in [-0.2, 0) is 24.8 Å². The summed E-state index contributed by atoms with van der Waals surface area (Å²) in [7, 11) is 0. The molecule has 1 aliphatic rings. The number of carbonyl (C=O) groups is 1. The monoisotopic (exact) mass is 408 g/mol. The number of anilines is 2. The minimum absolute atomic E-state index is 0.324. The van der Waals surface area contributed by atoms with Crippen molar-refractivity contribution in [2.45, 2.75) is 11.8 Å². The zero-order chi connectivity index (χ0) is 19.2. The standard InChI is InChI=1S/C19H21ClN2O4S/c1-14-2-5-16(6-3-14)27(24)26-13-19(23)21-17-12-15(20)4-7-18(17)22-8-10-25-11-9-22/h2-7,12H,8-11,13H2,1H3,(H,21,23)/t27-/m1/s1. The van der Waals surface area contributed by atoms with Crippen LogP contribution in [0.15, 0.2) is 47.4 Å². The van der Waals surface area contributed by atoms with Crippen molar-refractivity contribution in [3.05, 3.63) is 53.1 Å². The highest BCUT2D eigenvalue weighted by Crippen LogP contribution is 2.29. The third kappa shape index (κ3) is 5.52. The minimum atomic E-state index is -1.70. The Morgan fingerprint density at radius 2 is 1.93 bits per heavy atom. The van der Waals surface area contributed by atoms with Gasteiger partial charge in [0.15, 0.2) is 11.1 Å². The van der Waals surface area contributed by atoms with Crippen molar-refractivity contribution in [2.75, 3.05) is 43.1 Å². The molecule has 1 heterocycles.